The highest BCUT2D eigenvalue weighted by molar-refractivity contribution is 5.94. The van der Waals surface area contributed by atoms with Crippen LogP contribution >= 0.6 is 0 Å². The maximum absolute atomic E-state index is 11.8. The standard InChI is InChI=1S/C12H15NO3/c14-10-6-7-12(16,8-10)13-11(15)9-4-2-1-3-5-9/h1-5,10,14,16H,6-8H2,(H,13,15). The Bertz CT molecular complexity index is 379. The maximum Gasteiger partial charge on any atom is 0.253 e. The Morgan fingerprint density at radius 1 is 1.38 bits per heavy atom. The van der Waals surface area contributed by atoms with Gasteiger partial charge in [0.25, 0.3) is 5.91 Å². The largest absolute Gasteiger partial charge is 0.393 e. The molecule has 16 heavy (non-hydrogen) atoms. The average Bonchev–Trinajstić information content (AvgIpc) is 2.59. The third kappa shape index (κ3) is 2.40. The van der Waals surface area contributed by atoms with Crippen LogP contribution in [0.4, 0.5) is 0 Å². The number of aliphatic hydroxyl groups is 2. The predicted molar refractivity (Wildman–Crippen MR) is 58.7 cm³/mol. The number of aliphatic hydroxyl groups excluding tert-OH is 1. The number of carbonyl (C=O) groups excluding carboxylic acids is 1. The van der Waals surface area contributed by atoms with Crippen molar-refractivity contribution in [3.63, 3.8) is 0 Å². The SMILES string of the molecule is O=C(NC1(O)CCC(O)C1)c1ccccc1. The molecular weight excluding hydrogens is 206 g/mol. The molecule has 4 nitrogen and oxygen atoms in total. The monoisotopic (exact) mass is 221 g/mol. The molecule has 0 radical (unpaired) electrons. The molecule has 1 amide bonds. The van der Waals surface area contributed by atoms with Crippen molar-refractivity contribution < 1.29 is 15.0 Å². The van der Waals surface area contributed by atoms with Crippen LogP contribution in [0.25, 0.3) is 0 Å². The Labute approximate surface area is 93.9 Å². The van der Waals surface area contributed by atoms with Gasteiger partial charge in [-0.3, -0.25) is 4.79 Å². The minimum atomic E-state index is -1.26. The molecule has 0 spiro atoms. The minimum Gasteiger partial charge on any atom is -0.393 e. The number of amides is 1. The lowest BCUT2D eigenvalue weighted by atomic mass is 10.1. The number of nitrogens with one attached hydrogen (secondary N) is 1. The van der Waals surface area contributed by atoms with Crippen LogP contribution in [0.15, 0.2) is 30.3 Å². The summed E-state index contributed by atoms with van der Waals surface area (Å²) in [7, 11) is 0. The molecule has 1 saturated carbocycles. The third-order valence-corrected chi connectivity index (χ3v) is 2.85. The lowest BCUT2D eigenvalue weighted by Gasteiger charge is -2.23. The van der Waals surface area contributed by atoms with Gasteiger partial charge in [0, 0.05) is 12.0 Å². The third-order valence-electron chi connectivity index (χ3n) is 2.85. The molecule has 0 aromatic heterocycles. The van der Waals surface area contributed by atoms with Gasteiger partial charge in [-0.2, -0.15) is 0 Å². The molecule has 4 heteroatoms. The van der Waals surface area contributed by atoms with Gasteiger partial charge in [-0.1, -0.05) is 18.2 Å². The summed E-state index contributed by atoms with van der Waals surface area (Å²) in [6, 6.07) is 8.73. The van der Waals surface area contributed by atoms with Gasteiger partial charge in [0.15, 0.2) is 0 Å². The van der Waals surface area contributed by atoms with Crippen LogP contribution in [0.3, 0.4) is 0 Å². The van der Waals surface area contributed by atoms with Gasteiger partial charge in [0.05, 0.1) is 6.10 Å². The molecule has 2 rings (SSSR count). The fourth-order valence-electron chi connectivity index (χ4n) is 1.99. The van der Waals surface area contributed by atoms with E-state index in [1.807, 2.05) is 6.07 Å². The fraction of sp³-hybridized carbons (Fsp3) is 0.417. The Balaban J connectivity index is 2.03. The summed E-state index contributed by atoms with van der Waals surface area (Å²) in [5, 5.41) is 21.9. The summed E-state index contributed by atoms with van der Waals surface area (Å²) in [6.07, 6.45) is 0.588. The van der Waals surface area contributed by atoms with Crippen LogP contribution in [0.5, 0.6) is 0 Å². The Morgan fingerprint density at radius 3 is 2.62 bits per heavy atom. The van der Waals surface area contributed by atoms with Crippen molar-refractivity contribution in [1.29, 1.82) is 0 Å². The van der Waals surface area contributed by atoms with Crippen LogP contribution in [-0.4, -0.2) is 27.9 Å². The number of carbonyl (C=O) groups is 1. The van der Waals surface area contributed by atoms with Crippen molar-refractivity contribution in [3.8, 4) is 0 Å². The molecular formula is C12H15NO3. The molecule has 2 atom stereocenters. The zero-order chi connectivity index (χ0) is 11.6. The Kier molecular flexibility index (Phi) is 2.94. The number of benzene rings is 1. The second-order valence-corrected chi connectivity index (χ2v) is 4.25. The van der Waals surface area contributed by atoms with E-state index in [1.54, 1.807) is 24.3 Å². The summed E-state index contributed by atoms with van der Waals surface area (Å²) in [6.45, 7) is 0. The van der Waals surface area contributed by atoms with Crippen LogP contribution in [0.2, 0.25) is 0 Å². The van der Waals surface area contributed by atoms with Crippen LogP contribution in [0, 0.1) is 0 Å². The summed E-state index contributed by atoms with van der Waals surface area (Å²) >= 11 is 0. The molecule has 1 aromatic rings. The summed E-state index contributed by atoms with van der Waals surface area (Å²) < 4.78 is 0. The molecule has 1 fully saturated rings. The van der Waals surface area contributed by atoms with Crippen molar-refractivity contribution in [1.82, 2.24) is 5.32 Å². The van der Waals surface area contributed by atoms with Gasteiger partial charge in [-0.25, -0.2) is 0 Å². The van der Waals surface area contributed by atoms with E-state index in [9.17, 15) is 15.0 Å². The molecule has 0 bridgehead atoms. The van der Waals surface area contributed by atoms with E-state index in [-0.39, 0.29) is 12.3 Å². The highest BCUT2D eigenvalue weighted by Crippen LogP contribution is 2.27. The zero-order valence-corrected chi connectivity index (χ0v) is 8.89. The van der Waals surface area contributed by atoms with Gasteiger partial charge < -0.3 is 15.5 Å². The van der Waals surface area contributed by atoms with Gasteiger partial charge in [0.2, 0.25) is 0 Å². The first-order valence-corrected chi connectivity index (χ1v) is 5.37. The van der Waals surface area contributed by atoms with E-state index >= 15 is 0 Å². The molecule has 1 aliphatic carbocycles. The van der Waals surface area contributed by atoms with E-state index < -0.39 is 11.8 Å². The van der Waals surface area contributed by atoms with Gasteiger partial charge in [-0.15, -0.1) is 0 Å². The number of rotatable bonds is 2. The Morgan fingerprint density at radius 2 is 2.06 bits per heavy atom. The fourth-order valence-corrected chi connectivity index (χ4v) is 1.99. The summed E-state index contributed by atoms with van der Waals surface area (Å²) in [4.78, 5) is 11.8. The van der Waals surface area contributed by atoms with Gasteiger partial charge in [-0.05, 0) is 25.0 Å². The number of hydrogen-bond acceptors (Lipinski definition) is 3. The topological polar surface area (TPSA) is 69.6 Å². The van der Waals surface area contributed by atoms with E-state index in [0.29, 0.717) is 18.4 Å². The molecule has 0 aliphatic heterocycles. The summed E-state index contributed by atoms with van der Waals surface area (Å²) in [5.74, 6) is -0.308. The molecule has 0 heterocycles. The molecule has 1 aromatic carbocycles. The van der Waals surface area contributed by atoms with E-state index in [4.69, 9.17) is 0 Å². The van der Waals surface area contributed by atoms with Crippen molar-refractivity contribution in [2.75, 3.05) is 0 Å². The van der Waals surface area contributed by atoms with Crippen molar-refractivity contribution >= 4 is 5.91 Å². The first kappa shape index (κ1) is 11.1. The quantitative estimate of drug-likeness (QED) is 0.642. The smallest absolute Gasteiger partial charge is 0.253 e. The van der Waals surface area contributed by atoms with Crippen molar-refractivity contribution in [2.24, 2.45) is 0 Å². The van der Waals surface area contributed by atoms with Gasteiger partial charge >= 0.3 is 0 Å². The van der Waals surface area contributed by atoms with E-state index in [2.05, 4.69) is 5.32 Å². The predicted octanol–water partition coefficient (Wildman–Crippen LogP) is 0.650. The average molecular weight is 221 g/mol. The van der Waals surface area contributed by atoms with E-state index in [0.717, 1.165) is 0 Å². The van der Waals surface area contributed by atoms with E-state index in [1.165, 1.54) is 0 Å². The molecule has 3 N–H and O–H groups in total. The lowest BCUT2D eigenvalue weighted by Crippen LogP contribution is -2.46. The first-order chi connectivity index (χ1) is 7.59. The zero-order valence-electron chi connectivity index (χ0n) is 8.89. The van der Waals surface area contributed by atoms with Crippen LogP contribution in [0.1, 0.15) is 29.6 Å². The highest BCUT2D eigenvalue weighted by atomic mass is 16.3. The first-order valence-electron chi connectivity index (χ1n) is 5.37. The van der Waals surface area contributed by atoms with Gasteiger partial charge in [0.1, 0.15) is 5.72 Å². The second-order valence-electron chi connectivity index (χ2n) is 4.25. The molecule has 0 saturated heterocycles. The second kappa shape index (κ2) is 4.23. The normalized spacial score (nSPS) is 29.0. The van der Waals surface area contributed by atoms with Crippen LogP contribution in [-0.2, 0) is 0 Å². The maximum atomic E-state index is 11.8. The highest BCUT2D eigenvalue weighted by Gasteiger charge is 2.37. The molecule has 86 valence electrons. The van der Waals surface area contributed by atoms with Crippen molar-refractivity contribution in [2.45, 2.75) is 31.1 Å². The number of hydrogen-bond donors (Lipinski definition) is 3. The van der Waals surface area contributed by atoms with Crippen LogP contribution < -0.4 is 5.32 Å². The van der Waals surface area contributed by atoms with Crippen molar-refractivity contribution in [3.05, 3.63) is 35.9 Å². The lowest BCUT2D eigenvalue weighted by molar-refractivity contribution is 0.00333. The Hall–Kier alpha value is -1.39. The molecule has 1 aliphatic rings. The molecule has 2 unspecified atom stereocenters. The minimum absolute atomic E-state index is 0.200. The summed E-state index contributed by atoms with van der Waals surface area (Å²) in [5.41, 5.74) is -0.746.